The average molecular weight is 781 g/mol. The Bertz CT molecular complexity index is 3070. The molecule has 0 radical (unpaired) electrons. The van der Waals surface area contributed by atoms with Crippen molar-refractivity contribution in [1.29, 1.82) is 0 Å². The molecule has 9 aromatic rings. The zero-order valence-corrected chi connectivity index (χ0v) is 35.6. The Morgan fingerprint density at radius 1 is 0.390 bits per heavy atom. The number of fused-ring (bicyclic) bond motifs is 9. The first kappa shape index (κ1) is 37.3. The van der Waals surface area contributed by atoms with Gasteiger partial charge in [-0.3, -0.25) is 0 Å². The maximum absolute atomic E-state index is 15.6. The van der Waals surface area contributed by atoms with Gasteiger partial charge in [0.25, 0.3) is 0 Å². The third kappa shape index (κ3) is 5.93. The maximum Gasteiger partial charge on any atom is 0.171 e. The molecule has 0 amide bonds. The summed E-state index contributed by atoms with van der Waals surface area (Å²) in [5.41, 5.74) is 12.3. The van der Waals surface area contributed by atoms with Crippen molar-refractivity contribution in [3.8, 4) is 33.4 Å². The number of hydrogen-bond acceptors (Lipinski definition) is 1. The van der Waals surface area contributed by atoms with Gasteiger partial charge in [-0.25, -0.2) is 0 Å². The minimum absolute atomic E-state index is 0.315. The molecular formula is C57H49OP. The molecule has 0 aliphatic heterocycles. The fourth-order valence-corrected chi connectivity index (χ4v) is 12.4. The molecule has 9 aromatic carbocycles. The summed E-state index contributed by atoms with van der Waals surface area (Å²) in [4.78, 5) is 0. The largest absolute Gasteiger partial charge is 0.309 e. The van der Waals surface area contributed by atoms with Gasteiger partial charge in [0.05, 0.1) is 0 Å². The van der Waals surface area contributed by atoms with Crippen LogP contribution in [-0.2, 0) is 9.98 Å². The summed E-state index contributed by atoms with van der Waals surface area (Å²) in [6.07, 6.45) is 0. The van der Waals surface area contributed by atoms with Gasteiger partial charge in [0.1, 0.15) is 0 Å². The molecule has 288 valence electrons. The van der Waals surface area contributed by atoms with Gasteiger partial charge in [-0.1, -0.05) is 187 Å². The first-order valence-corrected chi connectivity index (χ1v) is 22.8. The molecule has 0 heterocycles. The summed E-state index contributed by atoms with van der Waals surface area (Å²) in [5, 5.41) is 10.2. The lowest BCUT2D eigenvalue weighted by Gasteiger charge is -2.25. The standard InChI is InChI=1S/C57H49OP/c1-36(2)38-21-25-40(26-22-38)42-31-49(41-27-23-39(24-28-41)37(3)4)56-52(32-42)47-20-14-13-19-46(47)50-35-55-51(34-53(50)56)48-30-29-45(33-54(48)57(55,5)6)59(58,43-15-9-7-10-16-43)44-17-11-8-12-18-44/h7-37H,1-6H3. The smallest absolute Gasteiger partial charge is 0.171 e. The molecule has 10 rings (SSSR count). The van der Waals surface area contributed by atoms with Gasteiger partial charge in [0.2, 0.25) is 0 Å². The highest BCUT2D eigenvalue weighted by atomic mass is 31.2. The minimum Gasteiger partial charge on any atom is -0.309 e. The lowest BCUT2D eigenvalue weighted by Crippen LogP contribution is -2.26. The average Bonchev–Trinajstić information content (AvgIpc) is 3.50. The summed E-state index contributed by atoms with van der Waals surface area (Å²) < 4.78 is 15.6. The first-order valence-electron chi connectivity index (χ1n) is 21.1. The van der Waals surface area contributed by atoms with E-state index in [0.29, 0.717) is 11.8 Å². The molecular weight excluding hydrogens is 732 g/mol. The zero-order chi connectivity index (χ0) is 40.6. The van der Waals surface area contributed by atoms with Crippen LogP contribution in [0.2, 0.25) is 0 Å². The third-order valence-corrected chi connectivity index (χ3v) is 16.2. The van der Waals surface area contributed by atoms with E-state index < -0.39 is 7.14 Å². The van der Waals surface area contributed by atoms with Gasteiger partial charge in [0, 0.05) is 21.3 Å². The van der Waals surface area contributed by atoms with Crippen LogP contribution in [0.25, 0.3) is 65.7 Å². The van der Waals surface area contributed by atoms with Gasteiger partial charge in [-0.15, -0.1) is 0 Å². The summed E-state index contributed by atoms with van der Waals surface area (Å²) in [6.45, 7) is 13.7. The molecule has 1 aliphatic rings. The van der Waals surface area contributed by atoms with Crippen LogP contribution in [-0.4, -0.2) is 0 Å². The van der Waals surface area contributed by atoms with Crippen LogP contribution in [0, 0.1) is 0 Å². The van der Waals surface area contributed by atoms with E-state index in [2.05, 4.69) is 157 Å². The van der Waals surface area contributed by atoms with E-state index in [0.717, 1.165) is 15.9 Å². The normalized spacial score (nSPS) is 13.4. The third-order valence-electron chi connectivity index (χ3n) is 13.1. The highest BCUT2D eigenvalue weighted by molar-refractivity contribution is 7.85. The second kappa shape index (κ2) is 14.1. The Morgan fingerprint density at radius 2 is 0.898 bits per heavy atom. The Hall–Kier alpha value is -6.01. The van der Waals surface area contributed by atoms with Crippen molar-refractivity contribution in [2.24, 2.45) is 0 Å². The maximum atomic E-state index is 15.6. The molecule has 0 N–H and O–H groups in total. The summed E-state index contributed by atoms with van der Waals surface area (Å²) in [7, 11) is -3.16. The topological polar surface area (TPSA) is 17.1 Å². The zero-order valence-electron chi connectivity index (χ0n) is 34.8. The molecule has 0 saturated carbocycles. The van der Waals surface area contributed by atoms with Crippen LogP contribution >= 0.6 is 7.14 Å². The van der Waals surface area contributed by atoms with E-state index in [-0.39, 0.29) is 5.41 Å². The molecule has 59 heavy (non-hydrogen) atoms. The van der Waals surface area contributed by atoms with E-state index in [1.807, 2.05) is 60.7 Å². The molecule has 0 aromatic heterocycles. The van der Waals surface area contributed by atoms with Crippen LogP contribution in [0.4, 0.5) is 0 Å². The predicted molar refractivity (Wildman–Crippen MR) is 255 cm³/mol. The molecule has 0 bridgehead atoms. The lowest BCUT2D eigenvalue weighted by atomic mass is 9.80. The van der Waals surface area contributed by atoms with Gasteiger partial charge in [0.15, 0.2) is 7.14 Å². The van der Waals surface area contributed by atoms with Crippen LogP contribution < -0.4 is 15.9 Å². The molecule has 1 aliphatic carbocycles. The molecule has 0 spiro atoms. The van der Waals surface area contributed by atoms with Crippen molar-refractivity contribution in [3.05, 3.63) is 198 Å². The minimum atomic E-state index is -3.16. The Balaban J connectivity index is 1.25. The van der Waals surface area contributed by atoms with E-state index in [1.165, 1.54) is 88.0 Å². The molecule has 1 nitrogen and oxygen atoms in total. The SMILES string of the molecule is CC(C)c1ccc(-c2cc(-c3ccc(C(C)C)cc3)c3c(c2)c2ccccc2c2cc4c(cc23)-c2ccc(P(=O)(c3ccccc3)c3ccccc3)cc2C4(C)C)cc1. The molecule has 2 heteroatoms. The molecule has 0 fully saturated rings. The number of hydrogen-bond donors (Lipinski definition) is 0. The monoisotopic (exact) mass is 780 g/mol. The van der Waals surface area contributed by atoms with Crippen LogP contribution in [0.3, 0.4) is 0 Å². The van der Waals surface area contributed by atoms with Crippen molar-refractivity contribution in [2.75, 3.05) is 0 Å². The lowest BCUT2D eigenvalue weighted by molar-refractivity contribution is 0.592. The van der Waals surface area contributed by atoms with Gasteiger partial charge >= 0.3 is 0 Å². The van der Waals surface area contributed by atoms with E-state index in [4.69, 9.17) is 0 Å². The highest BCUT2D eigenvalue weighted by Gasteiger charge is 2.39. The van der Waals surface area contributed by atoms with Crippen molar-refractivity contribution in [1.82, 2.24) is 0 Å². The highest BCUT2D eigenvalue weighted by Crippen LogP contribution is 2.54. The molecule has 0 saturated heterocycles. The summed E-state index contributed by atoms with van der Waals surface area (Å²) >= 11 is 0. The number of benzene rings is 9. The van der Waals surface area contributed by atoms with Crippen LogP contribution in [0.1, 0.15) is 75.6 Å². The second-order valence-corrected chi connectivity index (χ2v) is 20.4. The van der Waals surface area contributed by atoms with Gasteiger partial charge < -0.3 is 4.57 Å². The van der Waals surface area contributed by atoms with Crippen molar-refractivity contribution < 1.29 is 4.57 Å². The summed E-state index contributed by atoms with van der Waals surface area (Å²) in [5.74, 6) is 0.934. The second-order valence-electron chi connectivity index (χ2n) is 17.6. The molecule has 0 unspecified atom stereocenters. The summed E-state index contributed by atoms with van der Waals surface area (Å²) in [6, 6.07) is 63.9. The quantitative estimate of drug-likeness (QED) is 0.116. The Labute approximate surface area is 348 Å². The van der Waals surface area contributed by atoms with E-state index >= 15 is 4.57 Å². The van der Waals surface area contributed by atoms with Gasteiger partial charge in [-0.2, -0.15) is 0 Å². The van der Waals surface area contributed by atoms with E-state index in [9.17, 15) is 0 Å². The van der Waals surface area contributed by atoms with Crippen molar-refractivity contribution in [2.45, 2.75) is 58.8 Å². The van der Waals surface area contributed by atoms with Crippen LogP contribution in [0.5, 0.6) is 0 Å². The predicted octanol–water partition coefficient (Wildman–Crippen LogP) is 14.7. The molecule has 0 atom stereocenters. The van der Waals surface area contributed by atoms with E-state index in [1.54, 1.807) is 0 Å². The van der Waals surface area contributed by atoms with Crippen molar-refractivity contribution >= 4 is 55.4 Å². The fourth-order valence-electron chi connectivity index (χ4n) is 9.72. The Morgan fingerprint density at radius 3 is 1.47 bits per heavy atom. The van der Waals surface area contributed by atoms with Crippen molar-refractivity contribution in [3.63, 3.8) is 0 Å². The Kier molecular flexibility index (Phi) is 8.89. The number of rotatable bonds is 7. The fraction of sp³-hybridized carbons (Fsp3) is 0.158. The van der Waals surface area contributed by atoms with Gasteiger partial charge in [-0.05, 0) is 130 Å². The first-order chi connectivity index (χ1) is 28.5. The van der Waals surface area contributed by atoms with Crippen LogP contribution in [0.15, 0.2) is 176 Å².